The van der Waals surface area contributed by atoms with Crippen molar-refractivity contribution in [1.29, 1.82) is 0 Å². The lowest BCUT2D eigenvalue weighted by Crippen LogP contribution is -2.55. The number of nitrogens with one attached hydrogen (secondary N) is 1. The quantitative estimate of drug-likeness (QED) is 0.164. The predicted molar refractivity (Wildman–Crippen MR) is 194 cm³/mol. The first kappa shape index (κ1) is 36.5. The average molecular weight is 755 g/mol. The molecule has 0 aromatic heterocycles. The van der Waals surface area contributed by atoms with E-state index < -0.39 is 34.3 Å². The minimum Gasteiger partial charge on any atom is -0.486 e. The number of benzene rings is 4. The zero-order valence-electron chi connectivity index (χ0n) is 27.8. The predicted octanol–water partition coefficient (Wildman–Crippen LogP) is 7.19. The number of hydrogen-bond donors (Lipinski definition) is 1. The number of ether oxygens (including phenoxy) is 2. The van der Waals surface area contributed by atoms with Crippen LogP contribution in [0.2, 0.25) is 10.0 Å². The lowest BCUT2D eigenvalue weighted by atomic mass is 9.94. The van der Waals surface area contributed by atoms with Crippen molar-refractivity contribution in [2.45, 2.75) is 62.0 Å². The minimum atomic E-state index is -4.47. The van der Waals surface area contributed by atoms with Gasteiger partial charge in [-0.25, -0.2) is 12.8 Å². The van der Waals surface area contributed by atoms with Gasteiger partial charge < -0.3 is 19.7 Å². The highest BCUT2D eigenvalue weighted by Crippen LogP contribution is 2.35. The van der Waals surface area contributed by atoms with E-state index in [1.54, 1.807) is 18.2 Å². The van der Waals surface area contributed by atoms with Crippen LogP contribution >= 0.6 is 23.2 Å². The van der Waals surface area contributed by atoms with Gasteiger partial charge in [-0.2, -0.15) is 0 Å². The monoisotopic (exact) mass is 753 g/mol. The first-order valence-corrected chi connectivity index (χ1v) is 19.0. The van der Waals surface area contributed by atoms with Gasteiger partial charge in [-0.1, -0.05) is 78.9 Å². The maximum atomic E-state index is 14.8. The van der Waals surface area contributed by atoms with E-state index in [-0.39, 0.29) is 57.9 Å². The van der Waals surface area contributed by atoms with Gasteiger partial charge in [-0.15, -0.1) is 0 Å². The Hall–Kier alpha value is -4.32. The molecular weight excluding hydrogens is 716 g/mol. The molecule has 268 valence electrons. The van der Waals surface area contributed by atoms with Gasteiger partial charge in [0.2, 0.25) is 11.8 Å². The molecule has 0 bridgehead atoms. The second-order valence-corrected chi connectivity index (χ2v) is 15.2. The second-order valence-electron chi connectivity index (χ2n) is 12.6. The summed E-state index contributed by atoms with van der Waals surface area (Å²) in [5.41, 5.74) is 1.24. The van der Waals surface area contributed by atoms with Crippen LogP contribution in [-0.4, -0.2) is 57.0 Å². The summed E-state index contributed by atoms with van der Waals surface area (Å²) < 4.78 is 55.1. The topological polar surface area (TPSA) is 105 Å². The van der Waals surface area contributed by atoms with E-state index in [4.69, 9.17) is 32.7 Å². The van der Waals surface area contributed by atoms with Gasteiger partial charge in [0, 0.05) is 40.7 Å². The molecule has 1 atom stereocenters. The number of anilines is 1. The van der Waals surface area contributed by atoms with Crippen molar-refractivity contribution in [3.63, 3.8) is 0 Å². The van der Waals surface area contributed by atoms with E-state index in [0.717, 1.165) is 54.1 Å². The van der Waals surface area contributed by atoms with E-state index in [0.29, 0.717) is 17.9 Å². The molecule has 4 aromatic rings. The number of carbonyl (C=O) groups is 2. The number of sulfonamides is 1. The Balaban J connectivity index is 1.42. The van der Waals surface area contributed by atoms with E-state index in [1.165, 1.54) is 35.2 Å². The zero-order valence-corrected chi connectivity index (χ0v) is 30.1. The molecule has 2 aliphatic rings. The molecule has 51 heavy (non-hydrogen) atoms. The van der Waals surface area contributed by atoms with Gasteiger partial charge in [0.25, 0.3) is 10.0 Å². The van der Waals surface area contributed by atoms with Crippen LogP contribution in [0, 0.1) is 5.82 Å². The fraction of sp³-hybridized carbons (Fsp3) is 0.316. The van der Waals surface area contributed by atoms with Crippen LogP contribution in [-0.2, 0) is 32.6 Å². The Morgan fingerprint density at radius 2 is 1.51 bits per heavy atom. The Morgan fingerprint density at radius 3 is 2.20 bits per heavy atom. The summed E-state index contributed by atoms with van der Waals surface area (Å²) in [6, 6.07) is 22.1. The molecule has 1 saturated carbocycles. The zero-order chi connectivity index (χ0) is 36.0. The highest BCUT2D eigenvalue weighted by atomic mass is 35.5. The largest absolute Gasteiger partial charge is 0.486 e. The van der Waals surface area contributed by atoms with Crippen molar-refractivity contribution in [1.82, 2.24) is 10.2 Å². The van der Waals surface area contributed by atoms with Gasteiger partial charge in [0.1, 0.15) is 31.6 Å². The Kier molecular flexibility index (Phi) is 11.7. The van der Waals surface area contributed by atoms with E-state index >= 15 is 0 Å². The second kappa shape index (κ2) is 16.4. The molecule has 6 rings (SSSR count). The number of carbonyl (C=O) groups excluding carboxylic acids is 2. The number of rotatable bonds is 12. The normalized spacial score (nSPS) is 15.1. The van der Waals surface area contributed by atoms with Crippen molar-refractivity contribution in [2.75, 3.05) is 24.1 Å². The van der Waals surface area contributed by atoms with Gasteiger partial charge in [0.15, 0.2) is 11.5 Å². The highest BCUT2D eigenvalue weighted by molar-refractivity contribution is 7.92. The summed E-state index contributed by atoms with van der Waals surface area (Å²) in [6.45, 7) is -0.359. The third-order valence-corrected chi connectivity index (χ3v) is 11.6. The highest BCUT2D eigenvalue weighted by Gasteiger charge is 2.36. The molecule has 0 spiro atoms. The minimum absolute atomic E-state index is 0.0432. The van der Waals surface area contributed by atoms with Crippen molar-refractivity contribution < 1.29 is 31.9 Å². The van der Waals surface area contributed by atoms with Crippen LogP contribution in [0.4, 0.5) is 10.1 Å². The molecule has 0 radical (unpaired) electrons. The van der Waals surface area contributed by atoms with Crippen LogP contribution in [0.1, 0.15) is 43.2 Å². The number of nitrogens with zero attached hydrogens (tertiary/aromatic N) is 2. The molecule has 13 heteroatoms. The molecule has 0 unspecified atom stereocenters. The molecule has 4 aromatic carbocycles. The lowest BCUT2D eigenvalue weighted by molar-refractivity contribution is -0.140. The van der Waals surface area contributed by atoms with Crippen LogP contribution in [0.25, 0.3) is 0 Å². The van der Waals surface area contributed by atoms with Crippen LogP contribution in [0.5, 0.6) is 11.5 Å². The fourth-order valence-corrected chi connectivity index (χ4v) is 8.35. The van der Waals surface area contributed by atoms with Crippen LogP contribution in [0.15, 0.2) is 95.9 Å². The number of halogens is 3. The SMILES string of the molecule is O=C(NC1CCCCC1)[C@@H](Cc1ccccc1)N(Cc1c(Cl)cccc1Cl)C(=O)CN(c1ccc(F)cc1)S(=O)(=O)c1ccc2c(c1)OCCO2. The molecule has 1 heterocycles. The summed E-state index contributed by atoms with van der Waals surface area (Å²) in [5.74, 6) is -1.02. The first-order chi connectivity index (χ1) is 24.6. The molecule has 1 N–H and O–H groups in total. The molecule has 1 aliphatic carbocycles. The molecule has 2 amide bonds. The van der Waals surface area contributed by atoms with Crippen LogP contribution < -0.4 is 19.1 Å². The molecule has 0 saturated heterocycles. The average Bonchev–Trinajstić information content (AvgIpc) is 3.14. The molecular formula is C38H38Cl2FN3O6S. The van der Waals surface area contributed by atoms with E-state index in [9.17, 15) is 22.4 Å². The summed E-state index contributed by atoms with van der Waals surface area (Å²) in [6.07, 6.45) is 4.83. The summed E-state index contributed by atoms with van der Waals surface area (Å²) >= 11 is 13.2. The molecule has 9 nitrogen and oxygen atoms in total. The molecule has 1 aliphatic heterocycles. The number of fused-ring (bicyclic) bond motifs is 1. The Morgan fingerprint density at radius 1 is 0.843 bits per heavy atom. The number of amides is 2. The van der Waals surface area contributed by atoms with Crippen molar-refractivity contribution in [3.05, 3.63) is 118 Å². The fourth-order valence-electron chi connectivity index (χ4n) is 6.40. The van der Waals surface area contributed by atoms with Gasteiger partial charge in [0.05, 0.1) is 10.6 Å². The van der Waals surface area contributed by atoms with E-state index in [1.807, 2.05) is 30.3 Å². The number of hydrogen-bond acceptors (Lipinski definition) is 6. The Bertz CT molecular complexity index is 1940. The van der Waals surface area contributed by atoms with Gasteiger partial charge >= 0.3 is 0 Å². The van der Waals surface area contributed by atoms with Crippen molar-refractivity contribution in [2.24, 2.45) is 0 Å². The lowest BCUT2D eigenvalue weighted by Gasteiger charge is -2.35. The van der Waals surface area contributed by atoms with Crippen LogP contribution in [0.3, 0.4) is 0 Å². The Labute approximate surface area is 307 Å². The smallest absolute Gasteiger partial charge is 0.264 e. The van der Waals surface area contributed by atoms with Gasteiger partial charge in [-0.3, -0.25) is 13.9 Å². The molecule has 1 fully saturated rings. The summed E-state index contributed by atoms with van der Waals surface area (Å²) in [7, 11) is -4.47. The first-order valence-electron chi connectivity index (χ1n) is 16.8. The summed E-state index contributed by atoms with van der Waals surface area (Å²) in [4.78, 5) is 30.3. The standard InChI is InChI=1S/C38H38Cl2FN3O6S/c39-32-12-7-13-33(40)31(32)24-43(34(22-26-8-3-1-4-9-26)38(46)42-28-10-5-2-6-11-28)37(45)25-44(29-16-14-27(41)15-17-29)51(47,48)30-18-19-35-36(23-30)50-21-20-49-35/h1,3-4,7-9,12-19,23,28,34H,2,5-6,10-11,20-22,24-25H2,(H,42,46)/t34-/m1/s1. The third kappa shape index (κ3) is 8.77. The van der Waals surface area contributed by atoms with Gasteiger partial charge in [-0.05, 0) is 66.9 Å². The maximum Gasteiger partial charge on any atom is 0.264 e. The van der Waals surface area contributed by atoms with E-state index in [2.05, 4.69) is 5.32 Å². The maximum absolute atomic E-state index is 14.8. The summed E-state index contributed by atoms with van der Waals surface area (Å²) in [5, 5.41) is 3.73. The van der Waals surface area contributed by atoms with Crippen molar-refractivity contribution in [3.8, 4) is 11.5 Å². The third-order valence-electron chi connectivity index (χ3n) is 9.11. The van der Waals surface area contributed by atoms with Crippen molar-refractivity contribution >= 4 is 50.7 Å².